The molecule has 0 fully saturated rings. The molecule has 1 N–H and O–H groups in total. The van der Waals surface area contributed by atoms with Gasteiger partial charge in [-0.05, 0) is 74.9 Å². The molecular formula is C35H36Cl3N3O5S. The molecule has 0 radical (unpaired) electrons. The van der Waals surface area contributed by atoms with Crippen LogP contribution in [0.25, 0.3) is 0 Å². The minimum absolute atomic E-state index is 0.0833. The predicted octanol–water partition coefficient (Wildman–Crippen LogP) is 7.41. The van der Waals surface area contributed by atoms with Gasteiger partial charge in [0, 0.05) is 39.6 Å². The van der Waals surface area contributed by atoms with Crippen molar-refractivity contribution in [2.75, 3.05) is 17.5 Å². The van der Waals surface area contributed by atoms with Crippen LogP contribution in [0.4, 0.5) is 5.69 Å². The number of carbonyl (C=O) groups excluding carboxylic acids is 2. The first-order chi connectivity index (χ1) is 22.4. The van der Waals surface area contributed by atoms with E-state index >= 15 is 0 Å². The summed E-state index contributed by atoms with van der Waals surface area (Å²) in [6, 6.07) is 25.1. The van der Waals surface area contributed by atoms with E-state index in [0.29, 0.717) is 20.6 Å². The maximum absolute atomic E-state index is 14.7. The van der Waals surface area contributed by atoms with Gasteiger partial charge in [0.2, 0.25) is 11.8 Å². The molecule has 0 aliphatic heterocycles. The quantitative estimate of drug-likeness (QED) is 0.147. The van der Waals surface area contributed by atoms with Crippen LogP contribution in [0, 0.1) is 0 Å². The highest BCUT2D eigenvalue weighted by atomic mass is 35.5. The lowest BCUT2D eigenvalue weighted by Gasteiger charge is -2.34. The molecule has 12 heteroatoms. The van der Waals surface area contributed by atoms with E-state index in [1.54, 1.807) is 49.4 Å². The lowest BCUT2D eigenvalue weighted by molar-refractivity contribution is -0.140. The second-order valence-corrected chi connectivity index (χ2v) is 14.1. The van der Waals surface area contributed by atoms with Crippen LogP contribution in [0.1, 0.15) is 31.9 Å². The number of anilines is 1. The summed E-state index contributed by atoms with van der Waals surface area (Å²) in [5, 5.41) is 3.87. The fourth-order valence-corrected chi connectivity index (χ4v) is 7.04. The largest absolute Gasteiger partial charge is 0.492 e. The second-order valence-electron chi connectivity index (χ2n) is 11.0. The Balaban J connectivity index is 1.87. The Morgan fingerprint density at radius 2 is 1.45 bits per heavy atom. The number of sulfonamides is 1. The number of halogens is 3. The van der Waals surface area contributed by atoms with E-state index < -0.39 is 34.4 Å². The summed E-state index contributed by atoms with van der Waals surface area (Å²) in [4.78, 5) is 29.8. The molecule has 0 aliphatic rings. The van der Waals surface area contributed by atoms with Gasteiger partial charge in [0.05, 0.1) is 17.2 Å². The number of hydrogen-bond acceptors (Lipinski definition) is 5. The molecule has 2 amide bonds. The average molecular weight is 717 g/mol. The highest BCUT2D eigenvalue weighted by Gasteiger charge is 2.36. The Bertz CT molecular complexity index is 1770. The number of nitrogens with one attached hydrogen (secondary N) is 1. The maximum Gasteiger partial charge on any atom is 0.264 e. The van der Waals surface area contributed by atoms with Crippen molar-refractivity contribution in [1.29, 1.82) is 0 Å². The number of rotatable bonds is 14. The zero-order chi connectivity index (χ0) is 34.1. The molecule has 8 nitrogen and oxygen atoms in total. The van der Waals surface area contributed by atoms with Crippen molar-refractivity contribution < 1.29 is 22.7 Å². The lowest BCUT2D eigenvalue weighted by Crippen LogP contribution is -2.54. The topological polar surface area (TPSA) is 96.0 Å². The van der Waals surface area contributed by atoms with Gasteiger partial charge in [-0.3, -0.25) is 13.9 Å². The zero-order valence-corrected chi connectivity index (χ0v) is 29.3. The summed E-state index contributed by atoms with van der Waals surface area (Å²) in [6.45, 7) is 4.83. The minimum atomic E-state index is -4.36. The normalized spacial score (nSPS) is 12.0. The van der Waals surface area contributed by atoms with Gasteiger partial charge in [0.15, 0.2) is 0 Å². The molecule has 0 aromatic heterocycles. The van der Waals surface area contributed by atoms with E-state index in [-0.39, 0.29) is 41.9 Å². The number of amides is 2. The van der Waals surface area contributed by atoms with Crippen LogP contribution in [-0.2, 0) is 32.6 Å². The van der Waals surface area contributed by atoms with Gasteiger partial charge in [-0.25, -0.2) is 8.42 Å². The third-order valence-corrected chi connectivity index (χ3v) is 9.94. The van der Waals surface area contributed by atoms with Crippen molar-refractivity contribution in [2.24, 2.45) is 0 Å². The lowest BCUT2D eigenvalue weighted by atomic mass is 10.0. The molecule has 248 valence electrons. The van der Waals surface area contributed by atoms with Gasteiger partial charge in [0.25, 0.3) is 10.0 Å². The van der Waals surface area contributed by atoms with Gasteiger partial charge >= 0.3 is 0 Å². The van der Waals surface area contributed by atoms with E-state index in [1.807, 2.05) is 44.2 Å². The summed E-state index contributed by atoms with van der Waals surface area (Å²) in [6.07, 6.45) is 0.146. The highest BCUT2D eigenvalue weighted by molar-refractivity contribution is 7.92. The van der Waals surface area contributed by atoms with Crippen LogP contribution in [0.2, 0.25) is 15.1 Å². The van der Waals surface area contributed by atoms with Gasteiger partial charge in [-0.15, -0.1) is 0 Å². The number of benzene rings is 4. The number of hydrogen-bond donors (Lipinski definition) is 1. The Hall–Kier alpha value is -3.76. The first-order valence-corrected chi connectivity index (χ1v) is 17.6. The number of carbonyl (C=O) groups is 2. The fourth-order valence-electron chi connectivity index (χ4n) is 4.98. The maximum atomic E-state index is 14.7. The number of para-hydroxylation sites is 2. The Kier molecular flexibility index (Phi) is 12.6. The molecule has 0 aliphatic carbocycles. The SMILES string of the molecule is CCOc1ccccc1N(CC(=O)N(Cc1c(Cl)cccc1Cl)[C@@H](Cc1ccccc1)C(=O)NC(C)C)S(=O)(=O)c1ccc(Cl)cc1. The molecule has 1 atom stereocenters. The van der Waals surface area contributed by atoms with E-state index in [2.05, 4.69) is 5.32 Å². The summed E-state index contributed by atoms with van der Waals surface area (Å²) in [7, 11) is -4.36. The standard InChI is InChI=1S/C35H36Cl3N3O5S/c1-4-46-33-16-9-8-15-31(33)41(47(44,45)27-19-17-26(36)18-20-27)23-34(42)40(22-28-29(37)13-10-14-30(28)38)32(35(43)39-24(2)3)21-25-11-6-5-7-12-25/h5-20,24,32H,4,21-23H2,1-3H3,(H,39,43)/t32-/m0/s1. The molecule has 0 bridgehead atoms. The van der Waals surface area contributed by atoms with Crippen molar-refractivity contribution >= 4 is 62.3 Å². The van der Waals surface area contributed by atoms with Crippen molar-refractivity contribution in [2.45, 2.75) is 50.7 Å². The predicted molar refractivity (Wildman–Crippen MR) is 188 cm³/mol. The molecule has 4 aromatic rings. The highest BCUT2D eigenvalue weighted by Crippen LogP contribution is 2.34. The van der Waals surface area contributed by atoms with Crippen LogP contribution < -0.4 is 14.4 Å². The molecule has 0 spiro atoms. The first-order valence-electron chi connectivity index (χ1n) is 15.0. The minimum Gasteiger partial charge on any atom is -0.492 e. The third-order valence-electron chi connectivity index (χ3n) is 7.21. The van der Waals surface area contributed by atoms with Crippen molar-refractivity contribution in [3.05, 3.63) is 123 Å². The molecule has 0 heterocycles. The van der Waals surface area contributed by atoms with Crippen LogP contribution >= 0.6 is 34.8 Å². The molecule has 47 heavy (non-hydrogen) atoms. The molecule has 4 aromatic carbocycles. The third kappa shape index (κ3) is 9.20. The summed E-state index contributed by atoms with van der Waals surface area (Å²) in [5.74, 6) is -0.814. The van der Waals surface area contributed by atoms with Crippen LogP contribution in [-0.4, -0.2) is 50.4 Å². The van der Waals surface area contributed by atoms with Crippen LogP contribution in [0.5, 0.6) is 5.75 Å². The molecule has 0 saturated carbocycles. The second kappa shape index (κ2) is 16.4. The van der Waals surface area contributed by atoms with Crippen LogP contribution in [0.15, 0.2) is 102 Å². The van der Waals surface area contributed by atoms with E-state index in [4.69, 9.17) is 39.5 Å². The summed E-state index contributed by atoms with van der Waals surface area (Å²) in [5.41, 5.74) is 1.37. The number of nitrogens with zero attached hydrogens (tertiary/aromatic N) is 2. The van der Waals surface area contributed by atoms with Gasteiger partial charge in [-0.2, -0.15) is 0 Å². The molecule has 0 unspecified atom stereocenters. The van der Waals surface area contributed by atoms with Gasteiger partial charge in [0.1, 0.15) is 18.3 Å². The Morgan fingerprint density at radius 1 is 0.830 bits per heavy atom. The smallest absolute Gasteiger partial charge is 0.264 e. The van der Waals surface area contributed by atoms with Gasteiger partial charge < -0.3 is 15.0 Å². The fraction of sp³-hybridized carbons (Fsp3) is 0.257. The van der Waals surface area contributed by atoms with E-state index in [9.17, 15) is 18.0 Å². The Morgan fingerprint density at radius 3 is 2.06 bits per heavy atom. The van der Waals surface area contributed by atoms with E-state index in [1.165, 1.54) is 29.2 Å². The Labute approximate surface area is 291 Å². The van der Waals surface area contributed by atoms with E-state index in [0.717, 1.165) is 9.87 Å². The van der Waals surface area contributed by atoms with Gasteiger partial charge in [-0.1, -0.05) is 83.3 Å². The average Bonchev–Trinajstić information content (AvgIpc) is 3.03. The summed E-state index contributed by atoms with van der Waals surface area (Å²) < 4.78 is 35.4. The van der Waals surface area contributed by atoms with Crippen molar-refractivity contribution in [3.63, 3.8) is 0 Å². The monoisotopic (exact) mass is 715 g/mol. The van der Waals surface area contributed by atoms with Crippen LogP contribution in [0.3, 0.4) is 0 Å². The summed E-state index contributed by atoms with van der Waals surface area (Å²) >= 11 is 19.2. The zero-order valence-electron chi connectivity index (χ0n) is 26.2. The first kappa shape index (κ1) is 36.1. The van der Waals surface area contributed by atoms with Crippen molar-refractivity contribution in [3.8, 4) is 5.75 Å². The molecule has 0 saturated heterocycles. The number of ether oxygens (including phenoxy) is 1. The molecule has 4 rings (SSSR count). The molecular weight excluding hydrogens is 681 g/mol. The van der Waals surface area contributed by atoms with Crippen molar-refractivity contribution in [1.82, 2.24) is 10.2 Å².